The van der Waals surface area contributed by atoms with E-state index in [4.69, 9.17) is 25.8 Å². The lowest BCUT2D eigenvalue weighted by atomic mass is 10.2. The van der Waals surface area contributed by atoms with E-state index < -0.39 is 0 Å². The summed E-state index contributed by atoms with van der Waals surface area (Å²) in [7, 11) is 1.57. The molecule has 0 fully saturated rings. The molecule has 0 unspecified atom stereocenters. The van der Waals surface area contributed by atoms with Crippen molar-refractivity contribution in [2.45, 2.75) is 13.5 Å². The SMILES string of the molecule is CCOC(=O)/C=C/c1ccc(OCc2ccccc2Cl)c(OC)c1. The van der Waals surface area contributed by atoms with Gasteiger partial charge in [-0.3, -0.25) is 0 Å². The molecule has 0 heterocycles. The third kappa shape index (κ3) is 5.03. The zero-order valence-electron chi connectivity index (χ0n) is 13.6. The molecular formula is C19H19ClO4. The summed E-state index contributed by atoms with van der Waals surface area (Å²) in [4.78, 5) is 11.4. The fourth-order valence-electron chi connectivity index (χ4n) is 2.03. The lowest BCUT2D eigenvalue weighted by molar-refractivity contribution is -0.137. The maximum absolute atomic E-state index is 11.4. The molecule has 2 rings (SSSR count). The normalized spacial score (nSPS) is 10.6. The molecule has 0 saturated heterocycles. The van der Waals surface area contributed by atoms with Gasteiger partial charge in [-0.25, -0.2) is 4.79 Å². The van der Waals surface area contributed by atoms with Crippen molar-refractivity contribution in [2.24, 2.45) is 0 Å². The zero-order chi connectivity index (χ0) is 17.4. The molecule has 0 amide bonds. The molecule has 0 atom stereocenters. The van der Waals surface area contributed by atoms with Gasteiger partial charge in [-0.05, 0) is 36.8 Å². The summed E-state index contributed by atoms with van der Waals surface area (Å²) in [6, 6.07) is 12.9. The second kappa shape index (κ2) is 8.99. The van der Waals surface area contributed by atoms with Gasteiger partial charge < -0.3 is 14.2 Å². The fourth-order valence-corrected chi connectivity index (χ4v) is 2.22. The van der Waals surface area contributed by atoms with Gasteiger partial charge in [-0.15, -0.1) is 0 Å². The molecule has 0 aliphatic heterocycles. The minimum atomic E-state index is -0.379. The molecular weight excluding hydrogens is 328 g/mol. The van der Waals surface area contributed by atoms with Gasteiger partial charge in [0.15, 0.2) is 11.5 Å². The van der Waals surface area contributed by atoms with Crippen LogP contribution in [0.25, 0.3) is 6.08 Å². The molecule has 126 valence electrons. The van der Waals surface area contributed by atoms with Crippen molar-refractivity contribution in [3.8, 4) is 11.5 Å². The Kier molecular flexibility index (Phi) is 6.70. The van der Waals surface area contributed by atoms with Gasteiger partial charge in [0.2, 0.25) is 0 Å². The Bertz CT molecular complexity index is 725. The Labute approximate surface area is 146 Å². The lowest BCUT2D eigenvalue weighted by Crippen LogP contribution is -1.99. The van der Waals surface area contributed by atoms with Gasteiger partial charge >= 0.3 is 5.97 Å². The molecule has 0 spiro atoms. The third-order valence-electron chi connectivity index (χ3n) is 3.23. The zero-order valence-corrected chi connectivity index (χ0v) is 14.4. The smallest absolute Gasteiger partial charge is 0.330 e. The largest absolute Gasteiger partial charge is 0.493 e. The van der Waals surface area contributed by atoms with Crippen molar-refractivity contribution >= 4 is 23.6 Å². The first-order valence-electron chi connectivity index (χ1n) is 7.53. The van der Waals surface area contributed by atoms with Crippen molar-refractivity contribution in [3.05, 3.63) is 64.7 Å². The van der Waals surface area contributed by atoms with Crippen LogP contribution in [0.1, 0.15) is 18.1 Å². The van der Waals surface area contributed by atoms with Crippen LogP contribution in [0.2, 0.25) is 5.02 Å². The van der Waals surface area contributed by atoms with Gasteiger partial charge in [-0.2, -0.15) is 0 Å². The van der Waals surface area contributed by atoms with E-state index in [-0.39, 0.29) is 5.97 Å². The van der Waals surface area contributed by atoms with Crippen LogP contribution in [0, 0.1) is 0 Å². The number of rotatable bonds is 7. The lowest BCUT2D eigenvalue weighted by Gasteiger charge is -2.12. The van der Waals surface area contributed by atoms with Crippen LogP contribution in [-0.2, 0) is 16.1 Å². The minimum Gasteiger partial charge on any atom is -0.493 e. The van der Waals surface area contributed by atoms with Crippen molar-refractivity contribution in [1.82, 2.24) is 0 Å². The Hall–Kier alpha value is -2.46. The summed E-state index contributed by atoms with van der Waals surface area (Å²) < 4.78 is 16.0. The molecule has 24 heavy (non-hydrogen) atoms. The van der Waals surface area contributed by atoms with Crippen LogP contribution in [0.15, 0.2) is 48.5 Å². The van der Waals surface area contributed by atoms with E-state index in [1.165, 1.54) is 6.08 Å². The van der Waals surface area contributed by atoms with E-state index >= 15 is 0 Å². The summed E-state index contributed by atoms with van der Waals surface area (Å²) in [5.74, 6) is 0.800. The molecule has 0 aromatic heterocycles. The van der Waals surface area contributed by atoms with E-state index in [2.05, 4.69) is 0 Å². The number of esters is 1. The maximum Gasteiger partial charge on any atom is 0.330 e. The summed E-state index contributed by atoms with van der Waals surface area (Å²) in [5.41, 5.74) is 1.71. The van der Waals surface area contributed by atoms with Crippen LogP contribution in [0.3, 0.4) is 0 Å². The van der Waals surface area contributed by atoms with Gasteiger partial charge in [0.1, 0.15) is 6.61 Å². The molecule has 2 aromatic rings. The highest BCUT2D eigenvalue weighted by Gasteiger charge is 2.07. The first kappa shape index (κ1) is 17.9. The molecule has 0 N–H and O–H groups in total. The Balaban J connectivity index is 2.09. The predicted molar refractivity (Wildman–Crippen MR) is 94.4 cm³/mol. The number of carbonyl (C=O) groups is 1. The molecule has 0 saturated carbocycles. The third-order valence-corrected chi connectivity index (χ3v) is 3.60. The second-order valence-electron chi connectivity index (χ2n) is 4.88. The van der Waals surface area contributed by atoms with Gasteiger partial charge in [0.25, 0.3) is 0 Å². The first-order chi connectivity index (χ1) is 11.6. The topological polar surface area (TPSA) is 44.8 Å². The number of hydrogen-bond acceptors (Lipinski definition) is 4. The Morgan fingerprint density at radius 1 is 1.17 bits per heavy atom. The number of methoxy groups -OCH3 is 1. The summed E-state index contributed by atoms with van der Waals surface area (Å²) >= 11 is 6.12. The van der Waals surface area contributed by atoms with Crippen molar-refractivity contribution in [3.63, 3.8) is 0 Å². The standard InChI is InChI=1S/C19H19ClO4/c1-3-23-19(21)11-9-14-8-10-17(18(12-14)22-2)24-13-15-6-4-5-7-16(15)20/h4-12H,3,13H2,1-2H3/b11-9+. The van der Waals surface area contributed by atoms with E-state index in [1.54, 1.807) is 32.2 Å². The summed E-state index contributed by atoms with van der Waals surface area (Å²) in [6.45, 7) is 2.45. The van der Waals surface area contributed by atoms with Gasteiger partial charge in [0, 0.05) is 16.7 Å². The van der Waals surface area contributed by atoms with E-state index in [1.807, 2.05) is 30.3 Å². The molecule has 5 heteroatoms. The predicted octanol–water partition coefficient (Wildman–Crippen LogP) is 4.50. The summed E-state index contributed by atoms with van der Waals surface area (Å²) in [6.07, 6.45) is 3.04. The number of ether oxygens (including phenoxy) is 3. The monoisotopic (exact) mass is 346 g/mol. The summed E-state index contributed by atoms with van der Waals surface area (Å²) in [5, 5.41) is 0.658. The molecule has 0 bridgehead atoms. The quantitative estimate of drug-likeness (QED) is 0.547. The van der Waals surface area contributed by atoms with E-state index in [0.29, 0.717) is 29.7 Å². The number of carbonyl (C=O) groups excluding carboxylic acids is 1. The maximum atomic E-state index is 11.4. The molecule has 4 nitrogen and oxygen atoms in total. The Morgan fingerprint density at radius 3 is 2.67 bits per heavy atom. The van der Waals surface area contributed by atoms with E-state index in [9.17, 15) is 4.79 Å². The average molecular weight is 347 g/mol. The highest BCUT2D eigenvalue weighted by atomic mass is 35.5. The fraction of sp³-hybridized carbons (Fsp3) is 0.211. The molecule has 0 aliphatic rings. The highest BCUT2D eigenvalue weighted by Crippen LogP contribution is 2.30. The molecule has 0 radical (unpaired) electrons. The van der Waals surface area contributed by atoms with Crippen LogP contribution in [0.4, 0.5) is 0 Å². The number of halogens is 1. The van der Waals surface area contributed by atoms with Crippen LogP contribution < -0.4 is 9.47 Å². The minimum absolute atomic E-state index is 0.341. The van der Waals surface area contributed by atoms with Gasteiger partial charge in [-0.1, -0.05) is 35.9 Å². The highest BCUT2D eigenvalue weighted by molar-refractivity contribution is 6.31. The number of hydrogen-bond donors (Lipinski definition) is 0. The molecule has 2 aromatic carbocycles. The van der Waals surface area contributed by atoms with Gasteiger partial charge in [0.05, 0.1) is 13.7 Å². The van der Waals surface area contributed by atoms with Crippen molar-refractivity contribution in [1.29, 1.82) is 0 Å². The Morgan fingerprint density at radius 2 is 1.96 bits per heavy atom. The van der Waals surface area contributed by atoms with Crippen molar-refractivity contribution < 1.29 is 19.0 Å². The van der Waals surface area contributed by atoms with Crippen LogP contribution in [-0.4, -0.2) is 19.7 Å². The second-order valence-corrected chi connectivity index (χ2v) is 5.28. The number of benzene rings is 2. The van der Waals surface area contributed by atoms with Crippen molar-refractivity contribution in [2.75, 3.05) is 13.7 Å². The van der Waals surface area contributed by atoms with Crippen LogP contribution in [0.5, 0.6) is 11.5 Å². The molecule has 0 aliphatic carbocycles. The van der Waals surface area contributed by atoms with E-state index in [0.717, 1.165) is 11.1 Å². The first-order valence-corrected chi connectivity index (χ1v) is 7.91. The van der Waals surface area contributed by atoms with Crippen LogP contribution >= 0.6 is 11.6 Å². The average Bonchev–Trinajstić information content (AvgIpc) is 2.60.